The van der Waals surface area contributed by atoms with E-state index in [-0.39, 0.29) is 17.2 Å². The minimum Gasteiger partial charge on any atom is -0.378 e. The molecule has 0 N–H and O–H groups in total. The molecular weight excluding hydrogens is 430 g/mol. The largest absolute Gasteiger partial charge is 0.378 e. The molecule has 8 heteroatoms. The lowest BCUT2D eigenvalue weighted by atomic mass is 10.1. The van der Waals surface area contributed by atoms with Crippen molar-refractivity contribution in [2.24, 2.45) is 0 Å². The molecule has 1 aliphatic rings. The average Bonchev–Trinajstić information content (AvgIpc) is 3.08. The van der Waals surface area contributed by atoms with Crippen molar-refractivity contribution in [1.29, 1.82) is 0 Å². The highest BCUT2D eigenvalue weighted by Gasteiger charge is 2.22. The zero-order chi connectivity index (χ0) is 22.0. The molecule has 0 aliphatic carbocycles. The standard InChI is InChI=1S/C23H27N3O3S2/c1-4-6-18-16(3)20-21(31-18)24-23(30-14-19(27)25-9-11-29-12-10-25)26(22(20)28)17-8-5-7-15(2)13-17/h5,7-8,13H,4,6,9-12,14H2,1-3H3. The van der Waals surface area contributed by atoms with E-state index in [1.165, 1.54) is 16.6 Å². The lowest BCUT2D eigenvalue weighted by Crippen LogP contribution is -2.41. The van der Waals surface area contributed by atoms with E-state index in [2.05, 4.69) is 6.92 Å². The topological polar surface area (TPSA) is 64.4 Å². The van der Waals surface area contributed by atoms with E-state index in [1.54, 1.807) is 15.9 Å². The quantitative estimate of drug-likeness (QED) is 0.414. The van der Waals surface area contributed by atoms with Crippen LogP contribution < -0.4 is 5.56 Å². The SMILES string of the molecule is CCCc1sc2nc(SCC(=O)N3CCOCC3)n(-c3cccc(C)c3)c(=O)c2c1C. The van der Waals surface area contributed by atoms with Crippen molar-refractivity contribution in [3.05, 3.63) is 50.6 Å². The maximum absolute atomic E-state index is 13.7. The molecule has 0 atom stereocenters. The lowest BCUT2D eigenvalue weighted by molar-refractivity contribution is -0.132. The van der Waals surface area contributed by atoms with Crippen LogP contribution in [0.5, 0.6) is 0 Å². The number of benzene rings is 1. The van der Waals surface area contributed by atoms with Crippen LogP contribution >= 0.6 is 23.1 Å². The predicted molar refractivity (Wildman–Crippen MR) is 127 cm³/mol. The van der Waals surface area contributed by atoms with Gasteiger partial charge in [-0.3, -0.25) is 14.2 Å². The van der Waals surface area contributed by atoms with E-state index < -0.39 is 0 Å². The van der Waals surface area contributed by atoms with Crippen molar-refractivity contribution in [1.82, 2.24) is 14.5 Å². The lowest BCUT2D eigenvalue weighted by Gasteiger charge is -2.26. The van der Waals surface area contributed by atoms with E-state index in [9.17, 15) is 9.59 Å². The number of carbonyl (C=O) groups excluding carboxylic acids is 1. The Hall–Kier alpha value is -2.16. The number of thioether (sulfide) groups is 1. The van der Waals surface area contributed by atoms with Gasteiger partial charge in [-0.2, -0.15) is 0 Å². The van der Waals surface area contributed by atoms with Gasteiger partial charge in [0.1, 0.15) is 4.83 Å². The van der Waals surface area contributed by atoms with Crippen molar-refractivity contribution in [2.45, 2.75) is 38.8 Å². The van der Waals surface area contributed by atoms with Gasteiger partial charge in [0.25, 0.3) is 5.56 Å². The molecule has 1 amide bonds. The van der Waals surface area contributed by atoms with Gasteiger partial charge in [-0.25, -0.2) is 4.98 Å². The number of aryl methyl sites for hydroxylation is 3. The van der Waals surface area contributed by atoms with Crippen LogP contribution in [0.4, 0.5) is 0 Å². The van der Waals surface area contributed by atoms with Gasteiger partial charge in [0.05, 0.1) is 30.0 Å². The highest BCUT2D eigenvalue weighted by atomic mass is 32.2. The van der Waals surface area contributed by atoms with E-state index >= 15 is 0 Å². The van der Waals surface area contributed by atoms with Crippen LogP contribution in [0.1, 0.15) is 29.3 Å². The van der Waals surface area contributed by atoms with Gasteiger partial charge >= 0.3 is 0 Å². The van der Waals surface area contributed by atoms with Crippen LogP contribution in [0.2, 0.25) is 0 Å². The van der Waals surface area contributed by atoms with Gasteiger partial charge in [-0.1, -0.05) is 37.2 Å². The Morgan fingerprint density at radius 2 is 2.03 bits per heavy atom. The second-order valence-corrected chi connectivity index (χ2v) is 9.76. The fourth-order valence-corrected chi connectivity index (χ4v) is 6.03. The Bertz CT molecular complexity index is 1160. The highest BCUT2D eigenvalue weighted by molar-refractivity contribution is 7.99. The van der Waals surface area contributed by atoms with E-state index in [0.29, 0.717) is 36.8 Å². The summed E-state index contributed by atoms with van der Waals surface area (Å²) in [6.45, 7) is 8.53. The third kappa shape index (κ3) is 4.56. The van der Waals surface area contributed by atoms with Crippen molar-refractivity contribution in [2.75, 3.05) is 32.1 Å². The van der Waals surface area contributed by atoms with E-state index in [0.717, 1.165) is 34.5 Å². The maximum Gasteiger partial charge on any atom is 0.267 e. The molecule has 0 bridgehead atoms. The molecule has 2 aromatic heterocycles. The summed E-state index contributed by atoms with van der Waals surface area (Å²) in [5.41, 5.74) is 2.82. The predicted octanol–water partition coefficient (Wildman–Crippen LogP) is 3.97. The summed E-state index contributed by atoms with van der Waals surface area (Å²) in [6.07, 6.45) is 1.96. The summed E-state index contributed by atoms with van der Waals surface area (Å²) < 4.78 is 7.01. The van der Waals surface area contributed by atoms with Gasteiger partial charge < -0.3 is 9.64 Å². The van der Waals surface area contributed by atoms with E-state index in [4.69, 9.17) is 9.72 Å². The van der Waals surface area contributed by atoms with Crippen LogP contribution in [-0.2, 0) is 16.0 Å². The minimum atomic E-state index is -0.0620. The zero-order valence-electron chi connectivity index (χ0n) is 18.1. The van der Waals surface area contributed by atoms with Crippen molar-refractivity contribution >= 4 is 39.2 Å². The van der Waals surface area contributed by atoms with Crippen LogP contribution in [-0.4, -0.2) is 52.4 Å². The minimum absolute atomic E-state index is 0.0486. The molecule has 3 heterocycles. The van der Waals surface area contributed by atoms with Gasteiger partial charge in [0, 0.05) is 18.0 Å². The highest BCUT2D eigenvalue weighted by Crippen LogP contribution is 2.31. The molecule has 0 unspecified atom stereocenters. The first-order valence-electron chi connectivity index (χ1n) is 10.6. The number of fused-ring (bicyclic) bond motifs is 1. The smallest absolute Gasteiger partial charge is 0.267 e. The summed E-state index contributed by atoms with van der Waals surface area (Å²) in [5, 5.41) is 1.26. The summed E-state index contributed by atoms with van der Waals surface area (Å²) >= 11 is 2.93. The molecule has 0 spiro atoms. The van der Waals surface area contributed by atoms with Crippen LogP contribution in [0.3, 0.4) is 0 Å². The number of morpholine rings is 1. The number of nitrogens with zero attached hydrogens (tertiary/aromatic N) is 3. The van der Waals surface area contributed by atoms with Gasteiger partial charge in [-0.15, -0.1) is 11.3 Å². The normalized spacial score (nSPS) is 14.4. The maximum atomic E-state index is 13.7. The van der Waals surface area contributed by atoms with Crippen LogP contribution in [0, 0.1) is 13.8 Å². The van der Waals surface area contributed by atoms with Crippen LogP contribution in [0.15, 0.2) is 34.2 Å². The Labute approximate surface area is 190 Å². The monoisotopic (exact) mass is 457 g/mol. The molecule has 31 heavy (non-hydrogen) atoms. The summed E-state index contributed by atoms with van der Waals surface area (Å²) in [6, 6.07) is 7.85. The fraction of sp³-hybridized carbons (Fsp3) is 0.435. The number of aromatic nitrogens is 2. The second-order valence-electron chi connectivity index (χ2n) is 7.74. The zero-order valence-corrected chi connectivity index (χ0v) is 19.8. The molecule has 0 saturated carbocycles. The van der Waals surface area contributed by atoms with Crippen molar-refractivity contribution < 1.29 is 9.53 Å². The molecule has 164 valence electrons. The number of ether oxygens (including phenoxy) is 1. The van der Waals surface area contributed by atoms with Crippen molar-refractivity contribution in [3.8, 4) is 5.69 Å². The Morgan fingerprint density at radius 3 is 2.74 bits per heavy atom. The second kappa shape index (κ2) is 9.54. The molecule has 1 aliphatic heterocycles. The summed E-state index contributed by atoms with van der Waals surface area (Å²) in [4.78, 5) is 35.0. The Kier molecular flexibility index (Phi) is 6.79. The fourth-order valence-electron chi connectivity index (χ4n) is 3.80. The first-order valence-corrected chi connectivity index (χ1v) is 12.4. The number of hydrogen-bond acceptors (Lipinski definition) is 6. The molecule has 1 saturated heterocycles. The number of rotatable bonds is 6. The number of carbonyl (C=O) groups is 1. The molecule has 1 aromatic carbocycles. The van der Waals surface area contributed by atoms with Gasteiger partial charge in [-0.05, 0) is 43.5 Å². The van der Waals surface area contributed by atoms with Gasteiger partial charge in [0.2, 0.25) is 5.91 Å². The van der Waals surface area contributed by atoms with E-state index in [1.807, 2.05) is 43.0 Å². The third-order valence-corrected chi connectivity index (χ3v) is 7.63. The third-order valence-electron chi connectivity index (χ3n) is 5.46. The first kappa shape index (κ1) is 22.0. The van der Waals surface area contributed by atoms with Crippen LogP contribution in [0.25, 0.3) is 15.9 Å². The molecule has 3 aromatic rings. The molecule has 4 rings (SSSR count). The van der Waals surface area contributed by atoms with Gasteiger partial charge in [0.15, 0.2) is 5.16 Å². The average molecular weight is 458 g/mol. The number of thiophene rings is 1. The first-order chi connectivity index (χ1) is 15.0. The van der Waals surface area contributed by atoms with Crippen molar-refractivity contribution in [3.63, 3.8) is 0 Å². The summed E-state index contributed by atoms with van der Waals surface area (Å²) in [7, 11) is 0. The Balaban J connectivity index is 1.77. The number of amides is 1. The number of hydrogen-bond donors (Lipinski definition) is 0. The molecule has 1 fully saturated rings. The molecular formula is C23H27N3O3S2. The molecule has 6 nitrogen and oxygen atoms in total. The summed E-state index contributed by atoms with van der Waals surface area (Å²) in [5.74, 6) is 0.295. The molecule has 0 radical (unpaired) electrons. The Morgan fingerprint density at radius 1 is 1.26 bits per heavy atom.